The van der Waals surface area contributed by atoms with E-state index >= 15 is 0 Å². The summed E-state index contributed by atoms with van der Waals surface area (Å²) >= 11 is 1.50. The van der Waals surface area contributed by atoms with Crippen molar-refractivity contribution in [3.63, 3.8) is 0 Å². The summed E-state index contributed by atoms with van der Waals surface area (Å²) in [7, 11) is 0. The summed E-state index contributed by atoms with van der Waals surface area (Å²) in [4.78, 5) is 19.2. The molecule has 140 valence electrons. The lowest BCUT2D eigenvalue weighted by Crippen LogP contribution is -2.42. The molecule has 0 radical (unpaired) electrons. The molecule has 2 heterocycles. The molecule has 1 aliphatic rings. The quantitative estimate of drug-likeness (QED) is 0.836. The molecule has 1 amide bonds. The summed E-state index contributed by atoms with van der Waals surface area (Å²) < 4.78 is 5.61. The van der Waals surface area contributed by atoms with Gasteiger partial charge < -0.3 is 15.4 Å². The number of carbonyl (C=O) groups excluding carboxylic acids is 1. The molecule has 2 aromatic rings. The number of carbonyl (C=O) groups is 1. The van der Waals surface area contributed by atoms with Crippen molar-refractivity contribution in [1.82, 2.24) is 9.88 Å². The van der Waals surface area contributed by atoms with Crippen molar-refractivity contribution in [3.05, 3.63) is 35.3 Å². The first-order valence-corrected chi connectivity index (χ1v) is 10.2. The van der Waals surface area contributed by atoms with Crippen LogP contribution in [0.1, 0.15) is 43.6 Å². The van der Waals surface area contributed by atoms with Crippen molar-refractivity contribution in [2.75, 3.05) is 19.7 Å². The van der Waals surface area contributed by atoms with Crippen LogP contribution < -0.4 is 10.5 Å². The molecule has 1 unspecified atom stereocenters. The Morgan fingerprint density at radius 2 is 2.04 bits per heavy atom. The highest BCUT2D eigenvalue weighted by Gasteiger charge is 2.26. The number of benzene rings is 1. The van der Waals surface area contributed by atoms with Crippen LogP contribution in [0.4, 0.5) is 0 Å². The fourth-order valence-corrected chi connectivity index (χ4v) is 4.01. The van der Waals surface area contributed by atoms with Crippen molar-refractivity contribution in [2.24, 2.45) is 11.7 Å². The summed E-state index contributed by atoms with van der Waals surface area (Å²) in [5.74, 6) is 1.40. The molecule has 1 atom stereocenters. The molecule has 1 fully saturated rings. The minimum absolute atomic E-state index is 0.0264. The summed E-state index contributed by atoms with van der Waals surface area (Å²) in [5, 5.41) is 2.72. The van der Waals surface area contributed by atoms with E-state index in [1.807, 2.05) is 41.5 Å². The van der Waals surface area contributed by atoms with E-state index in [0.717, 1.165) is 55.3 Å². The van der Waals surface area contributed by atoms with Crippen LogP contribution in [0.2, 0.25) is 0 Å². The van der Waals surface area contributed by atoms with Gasteiger partial charge in [-0.25, -0.2) is 4.98 Å². The standard InChI is InChI=1S/C20H27N3O2S/c1-3-12-25-17-6-4-16(5-7-17)19-22-18(13-26-19)20(24)23-10-8-15(9-11-23)14(2)21/h4-7,13-15H,3,8-12,21H2,1-2H3. The molecule has 1 aromatic heterocycles. The summed E-state index contributed by atoms with van der Waals surface area (Å²) in [6.07, 6.45) is 2.93. The minimum Gasteiger partial charge on any atom is -0.494 e. The normalized spacial score (nSPS) is 16.5. The molecule has 1 saturated heterocycles. The number of ether oxygens (including phenoxy) is 1. The van der Waals surface area contributed by atoms with E-state index in [0.29, 0.717) is 11.6 Å². The Kier molecular flexibility index (Phi) is 6.27. The zero-order valence-electron chi connectivity index (χ0n) is 15.5. The van der Waals surface area contributed by atoms with Gasteiger partial charge in [0.25, 0.3) is 5.91 Å². The first-order chi connectivity index (χ1) is 12.6. The Labute approximate surface area is 159 Å². The Morgan fingerprint density at radius 3 is 2.65 bits per heavy atom. The minimum atomic E-state index is 0.0264. The molecule has 0 spiro atoms. The largest absolute Gasteiger partial charge is 0.494 e. The van der Waals surface area contributed by atoms with E-state index in [9.17, 15) is 4.79 Å². The lowest BCUT2D eigenvalue weighted by Gasteiger charge is -2.33. The van der Waals surface area contributed by atoms with Gasteiger partial charge in [-0.15, -0.1) is 11.3 Å². The van der Waals surface area contributed by atoms with Gasteiger partial charge in [-0.3, -0.25) is 4.79 Å². The summed E-state index contributed by atoms with van der Waals surface area (Å²) in [6.45, 7) is 6.38. The number of nitrogens with two attached hydrogens (primary N) is 1. The van der Waals surface area contributed by atoms with Gasteiger partial charge in [-0.05, 0) is 56.4 Å². The van der Waals surface area contributed by atoms with E-state index < -0.39 is 0 Å². The van der Waals surface area contributed by atoms with Gasteiger partial charge >= 0.3 is 0 Å². The average molecular weight is 374 g/mol. The maximum Gasteiger partial charge on any atom is 0.273 e. The molecular weight excluding hydrogens is 346 g/mol. The number of piperidine rings is 1. The van der Waals surface area contributed by atoms with Gasteiger partial charge in [0.05, 0.1) is 6.61 Å². The fraction of sp³-hybridized carbons (Fsp3) is 0.500. The number of likely N-dealkylation sites (tertiary alicyclic amines) is 1. The number of nitrogens with zero attached hydrogens (tertiary/aromatic N) is 2. The zero-order valence-corrected chi connectivity index (χ0v) is 16.3. The highest BCUT2D eigenvalue weighted by molar-refractivity contribution is 7.13. The number of hydrogen-bond acceptors (Lipinski definition) is 5. The molecular formula is C20H27N3O2S. The van der Waals surface area contributed by atoms with Gasteiger partial charge in [-0.1, -0.05) is 6.92 Å². The Morgan fingerprint density at radius 1 is 1.35 bits per heavy atom. The smallest absolute Gasteiger partial charge is 0.273 e. The second kappa shape index (κ2) is 8.64. The van der Waals surface area contributed by atoms with Gasteiger partial charge in [0.1, 0.15) is 16.5 Å². The Hall–Kier alpha value is -1.92. The van der Waals surface area contributed by atoms with E-state index in [2.05, 4.69) is 11.9 Å². The third kappa shape index (κ3) is 4.43. The number of thiazole rings is 1. The van der Waals surface area contributed by atoms with Crippen molar-refractivity contribution in [2.45, 2.75) is 39.2 Å². The third-order valence-electron chi connectivity index (χ3n) is 4.87. The third-order valence-corrected chi connectivity index (χ3v) is 5.76. The van der Waals surface area contributed by atoms with Crippen molar-refractivity contribution < 1.29 is 9.53 Å². The maximum atomic E-state index is 12.7. The summed E-state index contributed by atoms with van der Waals surface area (Å²) in [5.41, 5.74) is 7.53. The zero-order chi connectivity index (χ0) is 18.5. The highest BCUT2D eigenvalue weighted by Crippen LogP contribution is 2.27. The predicted octanol–water partition coefficient (Wildman–Crippen LogP) is 3.80. The van der Waals surface area contributed by atoms with Gasteiger partial charge in [0, 0.05) is 30.1 Å². The molecule has 1 aromatic carbocycles. The Bertz CT molecular complexity index is 719. The second-order valence-corrected chi connectivity index (χ2v) is 7.76. The topological polar surface area (TPSA) is 68.5 Å². The summed E-state index contributed by atoms with van der Waals surface area (Å²) in [6, 6.07) is 8.08. The highest BCUT2D eigenvalue weighted by atomic mass is 32.1. The van der Waals surface area contributed by atoms with Crippen molar-refractivity contribution >= 4 is 17.2 Å². The van der Waals surface area contributed by atoms with Crippen LogP contribution in [0.5, 0.6) is 5.75 Å². The first kappa shape index (κ1) is 18.9. The number of aromatic nitrogens is 1. The van der Waals surface area contributed by atoms with Gasteiger partial charge in [0.15, 0.2) is 0 Å². The number of rotatable bonds is 6. The van der Waals surface area contributed by atoms with Crippen LogP contribution in [0.15, 0.2) is 29.6 Å². The van der Waals surface area contributed by atoms with Gasteiger partial charge in [-0.2, -0.15) is 0 Å². The van der Waals surface area contributed by atoms with Crippen LogP contribution in [0.3, 0.4) is 0 Å². The maximum absolute atomic E-state index is 12.7. The first-order valence-electron chi connectivity index (χ1n) is 9.32. The van der Waals surface area contributed by atoms with Crippen LogP contribution >= 0.6 is 11.3 Å². The molecule has 0 bridgehead atoms. The van der Waals surface area contributed by atoms with Crippen molar-refractivity contribution in [1.29, 1.82) is 0 Å². The van der Waals surface area contributed by atoms with Gasteiger partial charge in [0.2, 0.25) is 0 Å². The lowest BCUT2D eigenvalue weighted by molar-refractivity contribution is 0.0676. The molecule has 26 heavy (non-hydrogen) atoms. The van der Waals surface area contributed by atoms with Crippen LogP contribution in [-0.4, -0.2) is 41.5 Å². The molecule has 0 aliphatic carbocycles. The van der Waals surface area contributed by atoms with E-state index in [1.54, 1.807) is 0 Å². The van der Waals surface area contributed by atoms with Crippen LogP contribution in [0, 0.1) is 5.92 Å². The van der Waals surface area contributed by atoms with Crippen LogP contribution in [0.25, 0.3) is 10.6 Å². The fourth-order valence-electron chi connectivity index (χ4n) is 3.21. The second-order valence-electron chi connectivity index (χ2n) is 6.90. The van der Waals surface area contributed by atoms with Crippen molar-refractivity contribution in [3.8, 4) is 16.3 Å². The SMILES string of the molecule is CCCOc1ccc(-c2nc(C(=O)N3CCC(C(C)N)CC3)cs2)cc1. The van der Waals surface area contributed by atoms with E-state index in [1.165, 1.54) is 11.3 Å². The Balaban J connectivity index is 1.63. The van der Waals surface area contributed by atoms with Crippen LogP contribution in [-0.2, 0) is 0 Å². The molecule has 0 saturated carbocycles. The van der Waals surface area contributed by atoms with E-state index in [4.69, 9.17) is 10.5 Å². The number of hydrogen-bond donors (Lipinski definition) is 1. The predicted molar refractivity (Wildman–Crippen MR) is 106 cm³/mol. The number of amides is 1. The monoisotopic (exact) mass is 373 g/mol. The molecule has 2 N–H and O–H groups in total. The molecule has 1 aliphatic heterocycles. The lowest BCUT2D eigenvalue weighted by atomic mass is 9.91. The average Bonchev–Trinajstić information content (AvgIpc) is 3.16. The molecule has 3 rings (SSSR count). The molecule has 5 nitrogen and oxygen atoms in total. The van der Waals surface area contributed by atoms with E-state index in [-0.39, 0.29) is 11.9 Å². The molecule has 6 heteroatoms.